The van der Waals surface area contributed by atoms with E-state index in [1.165, 1.54) is 0 Å². The number of carbonyl (C=O) groups excluding carboxylic acids is 2. The highest BCUT2D eigenvalue weighted by Gasteiger charge is 2.39. The van der Waals surface area contributed by atoms with Crippen molar-refractivity contribution in [1.29, 1.82) is 0 Å². The molecule has 0 spiro atoms. The second-order valence-electron chi connectivity index (χ2n) is 6.54. The van der Waals surface area contributed by atoms with Gasteiger partial charge in [0, 0.05) is 11.1 Å². The first kappa shape index (κ1) is 19.8. The number of alkyl halides is 1. The zero-order valence-electron chi connectivity index (χ0n) is 15.5. The van der Waals surface area contributed by atoms with E-state index in [2.05, 4.69) is 22.9 Å². The van der Waals surface area contributed by atoms with Gasteiger partial charge in [0.25, 0.3) is 6.29 Å². The minimum absolute atomic E-state index is 0.151. The molecule has 0 saturated carbocycles. The first-order valence-electron chi connectivity index (χ1n) is 9.32. The van der Waals surface area contributed by atoms with Gasteiger partial charge in [-0.25, -0.2) is 0 Å². The molecule has 2 aromatic carbocycles. The van der Waals surface area contributed by atoms with Gasteiger partial charge in [-0.05, 0) is 30.9 Å². The molecule has 0 amide bonds. The molecule has 0 aromatic heterocycles. The fraction of sp³-hybridized carbons (Fsp3) is 0.364. The Morgan fingerprint density at radius 3 is 2.59 bits per heavy atom. The number of hydrogen-bond donors (Lipinski definition) is 0. The van der Waals surface area contributed by atoms with Gasteiger partial charge in [0.2, 0.25) is 5.78 Å². The quantitative estimate of drug-likeness (QED) is 0.420. The molecule has 0 saturated heterocycles. The van der Waals surface area contributed by atoms with Crippen LogP contribution in [0.3, 0.4) is 0 Å². The highest BCUT2D eigenvalue weighted by molar-refractivity contribution is 9.09. The van der Waals surface area contributed by atoms with Gasteiger partial charge in [0.05, 0.1) is 5.56 Å². The van der Waals surface area contributed by atoms with Gasteiger partial charge in [0.1, 0.15) is 10.8 Å². The van der Waals surface area contributed by atoms with Crippen molar-refractivity contribution < 1.29 is 19.1 Å². The zero-order valence-corrected chi connectivity index (χ0v) is 17.1. The van der Waals surface area contributed by atoms with Crippen molar-refractivity contribution >= 4 is 27.5 Å². The van der Waals surface area contributed by atoms with Crippen LogP contribution in [0.5, 0.6) is 5.75 Å². The van der Waals surface area contributed by atoms with Crippen molar-refractivity contribution in [3.8, 4) is 5.75 Å². The van der Waals surface area contributed by atoms with Crippen LogP contribution in [-0.2, 0) is 11.2 Å². The van der Waals surface area contributed by atoms with Gasteiger partial charge in [-0.15, -0.1) is 0 Å². The van der Waals surface area contributed by atoms with Gasteiger partial charge in [-0.1, -0.05) is 72.6 Å². The highest BCUT2D eigenvalue weighted by atomic mass is 79.9. The minimum Gasteiger partial charge on any atom is -0.456 e. The molecule has 2 unspecified atom stereocenters. The second kappa shape index (κ2) is 8.81. The molecule has 1 heterocycles. The Kier molecular flexibility index (Phi) is 6.45. The van der Waals surface area contributed by atoms with E-state index >= 15 is 0 Å². The number of fused-ring (bicyclic) bond motifs is 1. The molecule has 0 bridgehead atoms. The van der Waals surface area contributed by atoms with Crippen molar-refractivity contribution in [3.63, 3.8) is 0 Å². The molecule has 5 heteroatoms. The van der Waals surface area contributed by atoms with Gasteiger partial charge < -0.3 is 9.47 Å². The van der Waals surface area contributed by atoms with Crippen LogP contribution in [0, 0.1) is 0 Å². The van der Waals surface area contributed by atoms with Gasteiger partial charge in [0.15, 0.2) is 5.78 Å². The fourth-order valence-corrected chi connectivity index (χ4v) is 3.34. The number of halogens is 1. The standard InChI is InChI=1S/C22H23BrO4/c1-3-5-9-14-12-13-16-19(21(25)22(26-16)27-17(23)4-2)18(14)20(24)15-10-7-6-8-11-15/h6-8,10-13,17,22H,3-5,9H2,1-2H3. The van der Waals surface area contributed by atoms with Crippen LogP contribution in [0.4, 0.5) is 0 Å². The molecule has 2 atom stereocenters. The molecule has 2 aromatic rings. The Balaban J connectivity index is 2.05. The fourth-order valence-electron chi connectivity index (χ4n) is 3.14. The van der Waals surface area contributed by atoms with Crippen molar-refractivity contribution in [2.24, 2.45) is 0 Å². The maximum atomic E-state index is 13.3. The van der Waals surface area contributed by atoms with E-state index in [-0.39, 0.29) is 16.6 Å². The first-order valence-corrected chi connectivity index (χ1v) is 10.2. The van der Waals surface area contributed by atoms with Crippen molar-refractivity contribution in [1.82, 2.24) is 0 Å². The Bertz CT molecular complexity index is 832. The second-order valence-corrected chi connectivity index (χ2v) is 7.56. The number of Topliss-reactive ketones (excluding diaryl/α,β-unsaturated/α-hetero) is 1. The maximum absolute atomic E-state index is 13.3. The number of rotatable bonds is 8. The predicted molar refractivity (Wildman–Crippen MR) is 108 cm³/mol. The summed E-state index contributed by atoms with van der Waals surface area (Å²) in [6.45, 7) is 4.05. The molecule has 0 fully saturated rings. The number of carbonyl (C=O) groups is 2. The number of aryl methyl sites for hydroxylation is 1. The molecular weight excluding hydrogens is 408 g/mol. The molecule has 1 aliphatic heterocycles. The van der Waals surface area contributed by atoms with Crippen LogP contribution >= 0.6 is 15.9 Å². The van der Waals surface area contributed by atoms with Gasteiger partial charge in [-0.2, -0.15) is 0 Å². The molecule has 1 aliphatic rings. The smallest absolute Gasteiger partial charge is 0.265 e. The van der Waals surface area contributed by atoms with Crippen LogP contribution in [0.25, 0.3) is 0 Å². The molecular formula is C22H23BrO4. The van der Waals surface area contributed by atoms with E-state index in [0.717, 1.165) is 24.8 Å². The summed E-state index contributed by atoms with van der Waals surface area (Å²) in [7, 11) is 0. The SMILES string of the molecule is CCCCc1ccc2c(c1C(=O)c1ccccc1)C(=O)C(OC(Br)CC)O2. The summed E-state index contributed by atoms with van der Waals surface area (Å²) in [5.74, 6) is -0.0251. The molecule has 4 nitrogen and oxygen atoms in total. The molecule has 3 rings (SSSR count). The summed E-state index contributed by atoms with van der Waals surface area (Å²) in [6, 6.07) is 12.7. The largest absolute Gasteiger partial charge is 0.456 e. The van der Waals surface area contributed by atoms with E-state index in [1.807, 2.05) is 31.2 Å². The van der Waals surface area contributed by atoms with Crippen LogP contribution in [-0.4, -0.2) is 22.9 Å². The average molecular weight is 431 g/mol. The van der Waals surface area contributed by atoms with E-state index in [4.69, 9.17) is 9.47 Å². The number of benzene rings is 2. The number of unbranched alkanes of at least 4 members (excludes halogenated alkanes) is 1. The Hall–Kier alpha value is -1.98. The predicted octanol–water partition coefficient (Wildman–Crippen LogP) is 5.31. The molecule has 142 valence electrons. The Morgan fingerprint density at radius 2 is 1.93 bits per heavy atom. The van der Waals surface area contributed by atoms with E-state index in [9.17, 15) is 9.59 Å². The summed E-state index contributed by atoms with van der Waals surface area (Å²) in [5, 5.41) is -0.284. The summed E-state index contributed by atoms with van der Waals surface area (Å²) in [5.41, 5.74) is 2.24. The van der Waals surface area contributed by atoms with Crippen LogP contribution in [0.1, 0.15) is 65.0 Å². The average Bonchev–Trinajstić information content (AvgIpc) is 3.01. The summed E-state index contributed by atoms with van der Waals surface area (Å²) < 4.78 is 11.4. The van der Waals surface area contributed by atoms with Crippen molar-refractivity contribution in [2.45, 2.75) is 50.8 Å². The maximum Gasteiger partial charge on any atom is 0.265 e. The van der Waals surface area contributed by atoms with E-state index in [0.29, 0.717) is 28.9 Å². The summed E-state index contributed by atoms with van der Waals surface area (Å²) >= 11 is 3.37. The number of ketones is 2. The first-order chi connectivity index (χ1) is 13.1. The number of hydrogen-bond acceptors (Lipinski definition) is 4. The van der Waals surface area contributed by atoms with E-state index < -0.39 is 6.29 Å². The molecule has 0 N–H and O–H groups in total. The van der Waals surface area contributed by atoms with E-state index in [1.54, 1.807) is 18.2 Å². The van der Waals surface area contributed by atoms with Crippen LogP contribution < -0.4 is 4.74 Å². The topological polar surface area (TPSA) is 52.6 Å². The molecule has 0 aliphatic carbocycles. The third-order valence-corrected chi connectivity index (χ3v) is 5.47. The minimum atomic E-state index is -1.02. The third kappa shape index (κ3) is 4.14. The van der Waals surface area contributed by atoms with Crippen LogP contribution in [0.2, 0.25) is 0 Å². The lowest BCUT2D eigenvalue weighted by molar-refractivity contribution is -0.0563. The Morgan fingerprint density at radius 1 is 1.19 bits per heavy atom. The lowest BCUT2D eigenvalue weighted by Gasteiger charge is -2.14. The summed E-state index contributed by atoms with van der Waals surface area (Å²) in [6.07, 6.45) is 2.37. The highest BCUT2D eigenvalue weighted by Crippen LogP contribution is 2.36. The lowest BCUT2D eigenvalue weighted by Crippen LogP contribution is -2.28. The number of ether oxygens (including phenoxy) is 2. The van der Waals surface area contributed by atoms with Crippen LogP contribution in [0.15, 0.2) is 42.5 Å². The van der Waals surface area contributed by atoms with Crippen molar-refractivity contribution in [2.75, 3.05) is 0 Å². The van der Waals surface area contributed by atoms with Crippen molar-refractivity contribution in [3.05, 3.63) is 64.7 Å². The van der Waals surface area contributed by atoms with Gasteiger partial charge in [-0.3, -0.25) is 9.59 Å². The lowest BCUT2D eigenvalue weighted by atomic mass is 9.89. The molecule has 27 heavy (non-hydrogen) atoms. The molecule has 0 radical (unpaired) electrons. The third-order valence-electron chi connectivity index (χ3n) is 4.60. The monoisotopic (exact) mass is 430 g/mol. The zero-order chi connectivity index (χ0) is 19.4. The van der Waals surface area contributed by atoms with Gasteiger partial charge >= 0.3 is 0 Å². The normalized spacial score (nSPS) is 16.7. The Labute approximate surface area is 168 Å². The summed E-state index contributed by atoms with van der Waals surface area (Å²) in [4.78, 5) is 26.3.